The predicted octanol–water partition coefficient (Wildman–Crippen LogP) is 5.33. The second-order valence-electron chi connectivity index (χ2n) is 9.11. The van der Waals surface area contributed by atoms with E-state index in [1.54, 1.807) is 12.1 Å². The van der Waals surface area contributed by atoms with Gasteiger partial charge in [0.1, 0.15) is 0 Å². The van der Waals surface area contributed by atoms with Crippen LogP contribution in [0.3, 0.4) is 0 Å². The Balaban J connectivity index is 1.45. The van der Waals surface area contributed by atoms with Crippen molar-refractivity contribution in [2.24, 2.45) is 11.7 Å². The molecule has 0 bridgehead atoms. The van der Waals surface area contributed by atoms with Gasteiger partial charge in [-0.25, -0.2) is 0 Å². The molecule has 2 aliphatic rings. The van der Waals surface area contributed by atoms with E-state index in [9.17, 15) is 13.2 Å². The molecule has 4 N–H and O–H groups in total. The summed E-state index contributed by atoms with van der Waals surface area (Å²) in [6.45, 7) is 1.96. The minimum Gasteiger partial charge on any atom is -0.358 e. The molecule has 1 aromatic heterocycles. The number of aromatic amines is 1. The zero-order chi connectivity index (χ0) is 21.6. The van der Waals surface area contributed by atoms with Gasteiger partial charge in [0.2, 0.25) is 0 Å². The van der Waals surface area contributed by atoms with Crippen LogP contribution in [0.25, 0.3) is 10.9 Å². The van der Waals surface area contributed by atoms with E-state index in [0.717, 1.165) is 36.5 Å². The predicted molar refractivity (Wildman–Crippen MR) is 117 cm³/mol. The molecule has 3 atom stereocenters. The summed E-state index contributed by atoms with van der Waals surface area (Å²) in [5.41, 5.74) is 10.7. The van der Waals surface area contributed by atoms with Crippen molar-refractivity contribution in [2.45, 2.75) is 49.7 Å². The molecule has 0 unspecified atom stereocenters. The largest absolute Gasteiger partial charge is 0.416 e. The highest BCUT2D eigenvalue weighted by molar-refractivity contribution is 5.85. The normalized spacial score (nSPS) is 23.8. The van der Waals surface area contributed by atoms with Crippen LogP contribution in [0.2, 0.25) is 0 Å². The average molecular weight is 428 g/mol. The number of nitrogens with two attached hydrogens (primary N) is 1. The fourth-order valence-electron chi connectivity index (χ4n) is 5.11. The molecule has 0 amide bonds. The van der Waals surface area contributed by atoms with E-state index in [-0.39, 0.29) is 17.9 Å². The van der Waals surface area contributed by atoms with Crippen LogP contribution >= 0.6 is 0 Å². The summed E-state index contributed by atoms with van der Waals surface area (Å²) in [6, 6.07) is 13.7. The lowest BCUT2D eigenvalue weighted by molar-refractivity contribution is -0.137. The Kier molecular flexibility index (Phi) is 5.30. The zero-order valence-electron chi connectivity index (χ0n) is 17.4. The quantitative estimate of drug-likeness (QED) is 0.466. The van der Waals surface area contributed by atoms with Crippen molar-refractivity contribution in [1.82, 2.24) is 10.3 Å². The molecule has 2 aromatic carbocycles. The molecule has 31 heavy (non-hydrogen) atoms. The highest BCUT2D eigenvalue weighted by Gasteiger charge is 2.38. The summed E-state index contributed by atoms with van der Waals surface area (Å²) >= 11 is 0. The molecule has 0 spiro atoms. The number of hydrogen-bond donors (Lipinski definition) is 3. The molecule has 0 saturated heterocycles. The van der Waals surface area contributed by atoms with E-state index in [4.69, 9.17) is 5.73 Å². The van der Waals surface area contributed by atoms with E-state index in [1.807, 2.05) is 12.1 Å². The highest BCUT2D eigenvalue weighted by atomic mass is 19.4. The molecule has 3 aromatic rings. The third-order valence-electron chi connectivity index (χ3n) is 6.98. The maximum absolute atomic E-state index is 13.0. The molecule has 0 radical (unpaired) electrons. The van der Waals surface area contributed by atoms with Crippen LogP contribution in [0.5, 0.6) is 0 Å². The number of para-hydroxylation sites is 1. The Morgan fingerprint density at radius 1 is 1.03 bits per heavy atom. The standard InChI is InChI=1S/C25H28F3N3/c26-25(27,28)17-9-7-16(8-10-17)20-13-22-23(18-3-1-2-4-21(18)31-22)19(24(20)29)11-12-30-14-15-5-6-15/h1-4,7-10,15,19-20,24,30-31H,5-6,11-14,29H2/t19-,20-,24+/m1/s1. The van der Waals surface area contributed by atoms with Crippen LogP contribution in [0.15, 0.2) is 48.5 Å². The van der Waals surface area contributed by atoms with Crippen molar-refractivity contribution in [3.63, 3.8) is 0 Å². The highest BCUT2D eigenvalue weighted by Crippen LogP contribution is 2.44. The van der Waals surface area contributed by atoms with E-state index in [0.29, 0.717) is 6.42 Å². The van der Waals surface area contributed by atoms with Crippen LogP contribution in [0.1, 0.15) is 53.5 Å². The van der Waals surface area contributed by atoms with Gasteiger partial charge in [0.05, 0.1) is 5.56 Å². The third-order valence-corrected chi connectivity index (χ3v) is 6.98. The molecule has 2 aliphatic carbocycles. The van der Waals surface area contributed by atoms with Crippen LogP contribution < -0.4 is 11.1 Å². The van der Waals surface area contributed by atoms with E-state index >= 15 is 0 Å². The summed E-state index contributed by atoms with van der Waals surface area (Å²) in [7, 11) is 0. The van der Waals surface area contributed by atoms with Gasteiger partial charge in [-0.15, -0.1) is 0 Å². The van der Waals surface area contributed by atoms with Gasteiger partial charge in [0.15, 0.2) is 0 Å². The number of hydrogen-bond acceptors (Lipinski definition) is 2. The van der Waals surface area contributed by atoms with Gasteiger partial charge in [-0.2, -0.15) is 13.2 Å². The van der Waals surface area contributed by atoms with Crippen LogP contribution in [0.4, 0.5) is 13.2 Å². The lowest BCUT2D eigenvalue weighted by atomic mass is 9.71. The number of fused-ring (bicyclic) bond motifs is 3. The van der Waals surface area contributed by atoms with Gasteiger partial charge in [0.25, 0.3) is 0 Å². The van der Waals surface area contributed by atoms with Gasteiger partial charge in [-0.1, -0.05) is 30.3 Å². The van der Waals surface area contributed by atoms with E-state index in [2.05, 4.69) is 22.4 Å². The monoisotopic (exact) mass is 427 g/mol. The molecule has 164 valence electrons. The van der Waals surface area contributed by atoms with Crippen LogP contribution in [0, 0.1) is 5.92 Å². The Hall–Kier alpha value is -2.31. The molecule has 0 aliphatic heterocycles. The van der Waals surface area contributed by atoms with Gasteiger partial charge in [-0.3, -0.25) is 0 Å². The van der Waals surface area contributed by atoms with Crippen molar-refractivity contribution in [2.75, 3.05) is 13.1 Å². The first-order chi connectivity index (χ1) is 14.9. The molecule has 1 fully saturated rings. The van der Waals surface area contributed by atoms with Gasteiger partial charge in [0, 0.05) is 34.5 Å². The summed E-state index contributed by atoms with van der Waals surface area (Å²) in [6.07, 6.45) is -0.0627. The lowest BCUT2D eigenvalue weighted by Crippen LogP contribution is -2.41. The maximum atomic E-state index is 13.0. The molecule has 1 saturated carbocycles. The molecular formula is C25H28F3N3. The van der Waals surface area contributed by atoms with Gasteiger partial charge >= 0.3 is 6.18 Å². The zero-order valence-corrected chi connectivity index (χ0v) is 17.4. The van der Waals surface area contributed by atoms with Crippen molar-refractivity contribution in [3.05, 3.63) is 70.9 Å². The maximum Gasteiger partial charge on any atom is 0.416 e. The van der Waals surface area contributed by atoms with Crippen molar-refractivity contribution in [3.8, 4) is 0 Å². The van der Waals surface area contributed by atoms with Crippen LogP contribution in [-0.2, 0) is 12.6 Å². The molecule has 6 heteroatoms. The average Bonchev–Trinajstić information content (AvgIpc) is 3.50. The number of alkyl halides is 3. The number of aromatic nitrogens is 1. The molecule has 1 heterocycles. The SMILES string of the molecule is N[C@@H]1[C@@H](c2ccc(C(F)(F)F)cc2)Cc2[nH]c3ccccc3c2[C@H]1CCNCC1CC1. The minimum atomic E-state index is -4.33. The Bertz CT molecular complexity index is 1050. The summed E-state index contributed by atoms with van der Waals surface area (Å²) in [5, 5.41) is 4.79. The summed E-state index contributed by atoms with van der Waals surface area (Å²) in [5.74, 6) is 0.957. The van der Waals surface area contributed by atoms with Gasteiger partial charge in [-0.05, 0) is 74.0 Å². The fraction of sp³-hybridized carbons (Fsp3) is 0.440. The number of benzene rings is 2. The number of H-pyrrole nitrogens is 1. The third kappa shape index (κ3) is 4.11. The van der Waals surface area contributed by atoms with Crippen molar-refractivity contribution < 1.29 is 13.2 Å². The van der Waals surface area contributed by atoms with E-state index in [1.165, 1.54) is 41.6 Å². The van der Waals surface area contributed by atoms with Gasteiger partial charge < -0.3 is 16.0 Å². The second-order valence-corrected chi connectivity index (χ2v) is 9.11. The second kappa shape index (κ2) is 7.99. The Morgan fingerprint density at radius 3 is 2.48 bits per heavy atom. The minimum absolute atomic E-state index is 0.0173. The first kappa shape index (κ1) is 20.6. The van der Waals surface area contributed by atoms with E-state index < -0.39 is 11.7 Å². The summed E-state index contributed by atoms with van der Waals surface area (Å²) in [4.78, 5) is 3.56. The molecule has 3 nitrogen and oxygen atoms in total. The first-order valence-electron chi connectivity index (χ1n) is 11.1. The fourth-order valence-corrected chi connectivity index (χ4v) is 5.11. The number of nitrogens with one attached hydrogen (secondary N) is 2. The smallest absolute Gasteiger partial charge is 0.358 e. The number of rotatable bonds is 6. The molecule has 5 rings (SSSR count). The first-order valence-corrected chi connectivity index (χ1v) is 11.1. The Morgan fingerprint density at radius 2 is 1.77 bits per heavy atom. The molecular weight excluding hydrogens is 399 g/mol. The number of halogens is 3. The lowest BCUT2D eigenvalue weighted by Gasteiger charge is -2.37. The Labute approximate surface area is 180 Å². The van der Waals surface area contributed by atoms with Crippen molar-refractivity contribution >= 4 is 10.9 Å². The van der Waals surface area contributed by atoms with Crippen molar-refractivity contribution in [1.29, 1.82) is 0 Å². The summed E-state index contributed by atoms with van der Waals surface area (Å²) < 4.78 is 39.0. The topological polar surface area (TPSA) is 53.8 Å². The van der Waals surface area contributed by atoms with Crippen LogP contribution in [-0.4, -0.2) is 24.1 Å².